The van der Waals surface area contributed by atoms with Crippen LogP contribution in [0.2, 0.25) is 0 Å². The summed E-state index contributed by atoms with van der Waals surface area (Å²) in [6.07, 6.45) is 0. The van der Waals surface area contributed by atoms with E-state index in [1.807, 2.05) is 42.5 Å². The summed E-state index contributed by atoms with van der Waals surface area (Å²) in [4.78, 5) is 39.4. The Morgan fingerprint density at radius 3 is 1.93 bits per heavy atom. The number of amides is 2. The number of benzene rings is 5. The molecule has 0 bridgehead atoms. The highest BCUT2D eigenvalue weighted by Gasteiger charge is 2.23. The number of carboxylic acid groups (broad SMARTS) is 1. The van der Waals surface area contributed by atoms with E-state index in [9.17, 15) is 19.5 Å². The molecule has 0 saturated heterocycles. The second-order valence-electron chi connectivity index (χ2n) is 9.49. The van der Waals surface area contributed by atoms with Gasteiger partial charge in [0.1, 0.15) is 16.7 Å². The zero-order chi connectivity index (χ0) is 30.3. The number of rotatable bonds is 10. The molecule has 2 amide bonds. The van der Waals surface area contributed by atoms with Crippen LogP contribution in [0.3, 0.4) is 0 Å². The van der Waals surface area contributed by atoms with Crippen molar-refractivity contribution in [3.05, 3.63) is 126 Å². The van der Waals surface area contributed by atoms with Gasteiger partial charge in [-0.1, -0.05) is 54.6 Å². The Bertz CT molecular complexity index is 1760. The van der Waals surface area contributed by atoms with Crippen molar-refractivity contribution >= 4 is 51.7 Å². The SMILES string of the molecule is COc1cc(NC(=O)C(Sc2ccc(NC(=O)c3cccc4cccc(C(=O)O)c34)cc2)c2ccccc2)cc(OC)c1. The van der Waals surface area contributed by atoms with Crippen molar-refractivity contribution in [2.45, 2.75) is 10.1 Å². The molecule has 0 aliphatic carbocycles. The number of fused-ring (bicyclic) bond motifs is 1. The van der Waals surface area contributed by atoms with E-state index in [2.05, 4.69) is 10.6 Å². The van der Waals surface area contributed by atoms with Gasteiger partial charge in [-0.15, -0.1) is 11.8 Å². The molecule has 1 atom stereocenters. The largest absolute Gasteiger partial charge is 0.497 e. The van der Waals surface area contributed by atoms with E-state index in [1.165, 1.54) is 17.8 Å². The van der Waals surface area contributed by atoms with E-state index in [4.69, 9.17) is 9.47 Å². The van der Waals surface area contributed by atoms with Crippen LogP contribution >= 0.6 is 11.8 Å². The predicted octanol–water partition coefficient (Wildman–Crippen LogP) is 7.28. The van der Waals surface area contributed by atoms with Gasteiger partial charge >= 0.3 is 5.97 Å². The normalized spacial score (nSPS) is 11.4. The van der Waals surface area contributed by atoms with E-state index in [1.54, 1.807) is 74.9 Å². The highest BCUT2D eigenvalue weighted by atomic mass is 32.2. The van der Waals surface area contributed by atoms with Crippen LogP contribution in [0.1, 0.15) is 31.5 Å². The minimum atomic E-state index is -1.10. The third kappa shape index (κ3) is 6.79. The number of anilines is 2. The number of aromatic carboxylic acids is 1. The summed E-state index contributed by atoms with van der Waals surface area (Å²) < 4.78 is 10.7. The number of methoxy groups -OCH3 is 2. The number of hydrogen-bond acceptors (Lipinski definition) is 6. The van der Waals surface area contributed by atoms with Crippen LogP contribution in [-0.4, -0.2) is 37.1 Å². The summed E-state index contributed by atoms with van der Waals surface area (Å²) in [5.41, 5.74) is 2.22. The average Bonchev–Trinajstić information content (AvgIpc) is 3.03. The van der Waals surface area contributed by atoms with Gasteiger partial charge in [0.25, 0.3) is 5.91 Å². The first kappa shape index (κ1) is 29.2. The third-order valence-electron chi connectivity index (χ3n) is 6.71. The number of hydrogen-bond donors (Lipinski definition) is 3. The molecule has 0 aliphatic rings. The summed E-state index contributed by atoms with van der Waals surface area (Å²) in [5, 5.41) is 16.0. The van der Waals surface area contributed by atoms with Gasteiger partial charge in [-0.3, -0.25) is 9.59 Å². The zero-order valence-corrected chi connectivity index (χ0v) is 24.2. The fourth-order valence-electron chi connectivity index (χ4n) is 4.65. The molecule has 0 saturated carbocycles. The van der Waals surface area contributed by atoms with Crippen LogP contribution < -0.4 is 20.1 Å². The topological polar surface area (TPSA) is 114 Å². The van der Waals surface area contributed by atoms with Crippen LogP contribution in [0, 0.1) is 0 Å². The number of nitrogens with one attached hydrogen (secondary N) is 2. The molecule has 0 spiro atoms. The summed E-state index contributed by atoms with van der Waals surface area (Å²) in [7, 11) is 3.09. The molecule has 8 nitrogen and oxygen atoms in total. The van der Waals surface area contributed by atoms with Crippen LogP contribution in [0.25, 0.3) is 10.8 Å². The Morgan fingerprint density at radius 2 is 1.33 bits per heavy atom. The van der Waals surface area contributed by atoms with Crippen molar-refractivity contribution in [3.8, 4) is 11.5 Å². The maximum Gasteiger partial charge on any atom is 0.336 e. The van der Waals surface area contributed by atoms with Crippen LogP contribution in [0.4, 0.5) is 11.4 Å². The van der Waals surface area contributed by atoms with Crippen molar-refractivity contribution in [2.24, 2.45) is 0 Å². The summed E-state index contributed by atoms with van der Waals surface area (Å²) >= 11 is 1.37. The highest BCUT2D eigenvalue weighted by molar-refractivity contribution is 8.00. The molecule has 9 heteroatoms. The van der Waals surface area contributed by atoms with Gasteiger partial charge in [0.2, 0.25) is 5.91 Å². The molecule has 0 aromatic heterocycles. The van der Waals surface area contributed by atoms with Crippen LogP contribution in [-0.2, 0) is 4.79 Å². The lowest BCUT2D eigenvalue weighted by Gasteiger charge is -2.18. The molecule has 0 fully saturated rings. The monoisotopic (exact) mass is 592 g/mol. The highest BCUT2D eigenvalue weighted by Crippen LogP contribution is 2.37. The number of carbonyl (C=O) groups is 3. The minimum absolute atomic E-state index is 0.0626. The summed E-state index contributed by atoms with van der Waals surface area (Å²) in [6.45, 7) is 0. The van der Waals surface area contributed by atoms with Gasteiger partial charge in [0.15, 0.2) is 0 Å². The zero-order valence-electron chi connectivity index (χ0n) is 23.4. The standard InChI is InChI=1S/C34H28N2O6S/c1-41-25-18-24(19-26(20-25)42-2)36-33(38)31(22-8-4-3-5-9-22)43-27-16-14-23(15-17-27)35-32(37)28-12-6-10-21-11-7-13-29(30(21)28)34(39)40/h3-20,31H,1-2H3,(H,35,37)(H,36,38)(H,39,40). The maximum atomic E-state index is 13.6. The molecule has 5 aromatic rings. The molecule has 1 unspecified atom stereocenters. The van der Waals surface area contributed by atoms with Gasteiger partial charge in [-0.2, -0.15) is 0 Å². The van der Waals surface area contributed by atoms with Crippen molar-refractivity contribution in [1.82, 2.24) is 0 Å². The lowest BCUT2D eigenvalue weighted by Crippen LogP contribution is -2.19. The molecule has 3 N–H and O–H groups in total. The van der Waals surface area contributed by atoms with E-state index < -0.39 is 17.1 Å². The Labute approximate surface area is 252 Å². The van der Waals surface area contributed by atoms with Crippen molar-refractivity contribution in [2.75, 3.05) is 24.9 Å². The van der Waals surface area contributed by atoms with Crippen molar-refractivity contribution in [1.29, 1.82) is 0 Å². The Kier molecular flexibility index (Phi) is 8.93. The Balaban J connectivity index is 1.35. The molecular weight excluding hydrogens is 564 g/mol. The fraction of sp³-hybridized carbons (Fsp3) is 0.0882. The van der Waals surface area contributed by atoms with Gasteiger partial charge in [-0.25, -0.2) is 4.79 Å². The fourth-order valence-corrected chi connectivity index (χ4v) is 5.67. The van der Waals surface area contributed by atoms with Gasteiger partial charge in [-0.05, 0) is 47.3 Å². The first-order valence-corrected chi connectivity index (χ1v) is 14.2. The van der Waals surface area contributed by atoms with E-state index in [0.29, 0.717) is 33.6 Å². The summed E-state index contributed by atoms with van der Waals surface area (Å²) in [6, 6.07) is 31.8. The van der Waals surface area contributed by atoms with Crippen molar-refractivity contribution in [3.63, 3.8) is 0 Å². The average molecular weight is 593 g/mol. The van der Waals surface area contributed by atoms with E-state index in [0.717, 1.165) is 10.5 Å². The predicted molar refractivity (Wildman–Crippen MR) is 169 cm³/mol. The Morgan fingerprint density at radius 1 is 0.698 bits per heavy atom. The lowest BCUT2D eigenvalue weighted by molar-refractivity contribution is -0.115. The second kappa shape index (κ2) is 13.1. The van der Waals surface area contributed by atoms with Crippen LogP contribution in [0.15, 0.2) is 114 Å². The smallest absolute Gasteiger partial charge is 0.336 e. The number of carboxylic acids is 1. The molecule has 5 aromatic carbocycles. The van der Waals surface area contributed by atoms with E-state index in [-0.39, 0.29) is 17.0 Å². The molecule has 43 heavy (non-hydrogen) atoms. The van der Waals surface area contributed by atoms with Gasteiger partial charge in [0.05, 0.1) is 19.8 Å². The van der Waals surface area contributed by atoms with Gasteiger partial charge in [0, 0.05) is 45.4 Å². The molecule has 216 valence electrons. The summed E-state index contributed by atoms with van der Waals surface area (Å²) in [5.74, 6) is -0.642. The van der Waals surface area contributed by atoms with Gasteiger partial charge < -0.3 is 25.2 Å². The maximum absolute atomic E-state index is 13.6. The lowest BCUT2D eigenvalue weighted by atomic mass is 9.98. The first-order chi connectivity index (χ1) is 20.9. The van der Waals surface area contributed by atoms with Crippen molar-refractivity contribution < 1.29 is 29.0 Å². The van der Waals surface area contributed by atoms with E-state index >= 15 is 0 Å². The Hall–Kier alpha value is -5.28. The quantitative estimate of drug-likeness (QED) is 0.146. The number of carbonyl (C=O) groups excluding carboxylic acids is 2. The second-order valence-corrected chi connectivity index (χ2v) is 10.7. The first-order valence-electron chi connectivity index (χ1n) is 13.3. The molecular formula is C34H28N2O6S. The van der Waals surface area contributed by atoms with Crippen LogP contribution in [0.5, 0.6) is 11.5 Å². The molecule has 0 radical (unpaired) electrons. The molecule has 0 aliphatic heterocycles. The minimum Gasteiger partial charge on any atom is -0.497 e. The molecule has 5 rings (SSSR count). The molecule has 0 heterocycles. The number of ether oxygens (including phenoxy) is 2. The number of thioether (sulfide) groups is 1. The third-order valence-corrected chi connectivity index (χ3v) is 7.97.